The Labute approximate surface area is 122 Å². The number of hydrogen-bond donors (Lipinski definition) is 0. The lowest BCUT2D eigenvalue weighted by molar-refractivity contribution is 0.440. The molecule has 104 valence electrons. The maximum atomic E-state index is 13.3. The van der Waals surface area contributed by atoms with Crippen molar-refractivity contribution in [2.45, 2.75) is 24.6 Å². The van der Waals surface area contributed by atoms with E-state index in [1.54, 1.807) is 6.07 Å². The van der Waals surface area contributed by atoms with Crippen molar-refractivity contribution in [3.63, 3.8) is 0 Å². The Kier molecular flexibility index (Phi) is 3.75. The predicted octanol–water partition coefficient (Wildman–Crippen LogP) is 5.05. The molecule has 2 atom stereocenters. The number of hydrogen-bond acceptors (Lipinski definition) is 0. The van der Waals surface area contributed by atoms with E-state index in [4.69, 9.17) is 11.6 Å². The first-order valence-corrected chi connectivity index (χ1v) is 7.24. The highest BCUT2D eigenvalue weighted by Gasteiger charge is 2.26. The number of halogens is 3. The Morgan fingerprint density at radius 2 is 1.75 bits per heavy atom. The van der Waals surface area contributed by atoms with Gasteiger partial charge in [-0.1, -0.05) is 30.3 Å². The van der Waals surface area contributed by atoms with Gasteiger partial charge in [-0.15, -0.1) is 11.6 Å². The maximum absolute atomic E-state index is 13.3. The molecular formula is C17H15ClF2. The van der Waals surface area contributed by atoms with Gasteiger partial charge in [-0.2, -0.15) is 0 Å². The number of alkyl halides is 1. The lowest BCUT2D eigenvalue weighted by Gasteiger charge is -2.28. The van der Waals surface area contributed by atoms with Crippen LogP contribution < -0.4 is 0 Å². The van der Waals surface area contributed by atoms with E-state index in [1.807, 2.05) is 12.1 Å². The normalized spacial score (nSPS) is 19.4. The third kappa shape index (κ3) is 2.57. The molecule has 0 saturated heterocycles. The van der Waals surface area contributed by atoms with Crippen molar-refractivity contribution in [3.05, 3.63) is 70.8 Å². The molecule has 0 amide bonds. The van der Waals surface area contributed by atoms with Gasteiger partial charge in [0.15, 0.2) is 11.6 Å². The molecule has 2 unspecified atom stereocenters. The smallest absolute Gasteiger partial charge is 0.159 e. The lowest BCUT2D eigenvalue weighted by Crippen LogP contribution is -2.18. The fraction of sp³-hybridized carbons (Fsp3) is 0.294. The van der Waals surface area contributed by atoms with Gasteiger partial charge in [-0.05, 0) is 54.0 Å². The fourth-order valence-electron chi connectivity index (χ4n) is 2.93. The van der Waals surface area contributed by atoms with Gasteiger partial charge >= 0.3 is 0 Å². The highest BCUT2D eigenvalue weighted by molar-refractivity contribution is 6.21. The van der Waals surface area contributed by atoms with Crippen molar-refractivity contribution in [2.24, 2.45) is 5.92 Å². The van der Waals surface area contributed by atoms with Crippen LogP contribution in [0.25, 0.3) is 0 Å². The second-order valence-electron chi connectivity index (χ2n) is 5.35. The second-order valence-corrected chi connectivity index (χ2v) is 5.82. The van der Waals surface area contributed by atoms with Gasteiger partial charge in [0.25, 0.3) is 0 Å². The van der Waals surface area contributed by atoms with Crippen molar-refractivity contribution in [2.75, 3.05) is 0 Å². The summed E-state index contributed by atoms with van der Waals surface area (Å²) in [5.41, 5.74) is 3.35. The summed E-state index contributed by atoms with van der Waals surface area (Å²) in [6.45, 7) is 0. The van der Waals surface area contributed by atoms with Gasteiger partial charge in [0.2, 0.25) is 0 Å². The van der Waals surface area contributed by atoms with Gasteiger partial charge in [-0.25, -0.2) is 8.78 Å². The molecule has 0 bridgehead atoms. The number of rotatable bonds is 2. The van der Waals surface area contributed by atoms with Crippen LogP contribution in [0.4, 0.5) is 8.78 Å². The van der Waals surface area contributed by atoms with E-state index in [9.17, 15) is 8.78 Å². The van der Waals surface area contributed by atoms with Crippen molar-refractivity contribution in [1.82, 2.24) is 0 Å². The Morgan fingerprint density at radius 3 is 2.50 bits per heavy atom. The predicted molar refractivity (Wildman–Crippen MR) is 76.9 cm³/mol. The summed E-state index contributed by atoms with van der Waals surface area (Å²) in [6.07, 6.45) is 2.86. The van der Waals surface area contributed by atoms with Crippen LogP contribution in [-0.2, 0) is 12.8 Å². The summed E-state index contributed by atoms with van der Waals surface area (Å²) in [5, 5.41) is -0.279. The van der Waals surface area contributed by atoms with Gasteiger partial charge in [0.1, 0.15) is 0 Å². The second kappa shape index (κ2) is 5.53. The van der Waals surface area contributed by atoms with Crippen LogP contribution >= 0.6 is 11.6 Å². The SMILES string of the molecule is Fc1ccc(C(Cl)C2CCc3ccccc3C2)cc1F. The first-order chi connectivity index (χ1) is 9.65. The molecule has 0 radical (unpaired) electrons. The number of aryl methyl sites for hydroxylation is 1. The first-order valence-electron chi connectivity index (χ1n) is 6.81. The molecule has 0 aromatic heterocycles. The van der Waals surface area contributed by atoms with Crippen LogP contribution in [0.1, 0.15) is 28.5 Å². The van der Waals surface area contributed by atoms with E-state index in [1.165, 1.54) is 17.2 Å². The molecule has 0 saturated carbocycles. The fourth-order valence-corrected chi connectivity index (χ4v) is 3.28. The van der Waals surface area contributed by atoms with E-state index < -0.39 is 11.6 Å². The average Bonchev–Trinajstić information content (AvgIpc) is 2.49. The number of fused-ring (bicyclic) bond motifs is 1. The van der Waals surface area contributed by atoms with Crippen LogP contribution in [0.3, 0.4) is 0 Å². The van der Waals surface area contributed by atoms with Gasteiger partial charge in [0.05, 0.1) is 5.38 Å². The van der Waals surface area contributed by atoms with Crippen LogP contribution in [0.5, 0.6) is 0 Å². The summed E-state index contributed by atoms with van der Waals surface area (Å²) in [4.78, 5) is 0. The Morgan fingerprint density at radius 1 is 1.00 bits per heavy atom. The molecule has 20 heavy (non-hydrogen) atoms. The molecule has 0 heterocycles. The molecule has 1 aliphatic rings. The molecule has 0 aliphatic heterocycles. The zero-order valence-corrected chi connectivity index (χ0v) is 11.7. The summed E-state index contributed by atoms with van der Waals surface area (Å²) >= 11 is 6.49. The van der Waals surface area contributed by atoms with E-state index in [-0.39, 0.29) is 11.3 Å². The maximum Gasteiger partial charge on any atom is 0.159 e. The van der Waals surface area contributed by atoms with E-state index in [0.29, 0.717) is 5.56 Å². The third-order valence-electron chi connectivity index (χ3n) is 4.06. The molecule has 3 heteroatoms. The molecule has 1 aliphatic carbocycles. The summed E-state index contributed by atoms with van der Waals surface area (Å²) in [6, 6.07) is 12.3. The average molecular weight is 293 g/mol. The zero-order valence-electron chi connectivity index (χ0n) is 11.0. The van der Waals surface area contributed by atoms with Crippen LogP contribution in [0.15, 0.2) is 42.5 Å². The Bertz CT molecular complexity index is 624. The summed E-state index contributed by atoms with van der Waals surface area (Å²) in [5.74, 6) is -1.40. The minimum Gasteiger partial charge on any atom is -0.204 e. The first kappa shape index (κ1) is 13.6. The van der Waals surface area contributed by atoms with Crippen molar-refractivity contribution in [3.8, 4) is 0 Å². The number of benzene rings is 2. The Hall–Kier alpha value is -1.41. The van der Waals surface area contributed by atoms with Crippen molar-refractivity contribution in [1.29, 1.82) is 0 Å². The van der Waals surface area contributed by atoms with E-state index in [2.05, 4.69) is 12.1 Å². The van der Waals surface area contributed by atoms with Crippen LogP contribution in [0.2, 0.25) is 0 Å². The van der Waals surface area contributed by atoms with E-state index >= 15 is 0 Å². The van der Waals surface area contributed by atoms with Gasteiger partial charge < -0.3 is 0 Å². The standard InChI is InChI=1S/C17H15ClF2/c18-17(14-7-8-15(19)16(20)10-14)13-6-5-11-3-1-2-4-12(11)9-13/h1-4,7-8,10,13,17H,5-6,9H2. The molecule has 2 aromatic rings. The molecule has 0 N–H and O–H groups in total. The quantitative estimate of drug-likeness (QED) is 0.680. The van der Waals surface area contributed by atoms with Gasteiger partial charge in [-0.3, -0.25) is 0 Å². The molecular weight excluding hydrogens is 278 g/mol. The molecule has 0 fully saturated rings. The topological polar surface area (TPSA) is 0 Å². The zero-order chi connectivity index (χ0) is 14.1. The summed E-state index contributed by atoms with van der Waals surface area (Å²) in [7, 11) is 0. The van der Waals surface area contributed by atoms with Crippen LogP contribution in [0, 0.1) is 17.6 Å². The molecule has 0 spiro atoms. The lowest BCUT2D eigenvalue weighted by atomic mass is 9.80. The van der Waals surface area contributed by atoms with Crippen molar-refractivity contribution >= 4 is 11.6 Å². The largest absolute Gasteiger partial charge is 0.204 e. The molecule has 3 rings (SSSR count). The molecule has 2 aromatic carbocycles. The van der Waals surface area contributed by atoms with Crippen molar-refractivity contribution < 1.29 is 8.78 Å². The monoisotopic (exact) mass is 292 g/mol. The van der Waals surface area contributed by atoms with E-state index in [0.717, 1.165) is 25.3 Å². The third-order valence-corrected chi connectivity index (χ3v) is 4.67. The van der Waals surface area contributed by atoms with Gasteiger partial charge in [0, 0.05) is 0 Å². The molecule has 0 nitrogen and oxygen atoms in total. The minimum absolute atomic E-state index is 0.261. The highest BCUT2D eigenvalue weighted by Crippen LogP contribution is 2.38. The minimum atomic E-state index is -0.829. The highest BCUT2D eigenvalue weighted by atomic mass is 35.5. The van der Waals surface area contributed by atoms with Crippen LogP contribution in [-0.4, -0.2) is 0 Å². The Balaban J connectivity index is 1.82. The summed E-state index contributed by atoms with van der Waals surface area (Å²) < 4.78 is 26.3.